The monoisotopic (exact) mass is 198 g/mol. The Balaban J connectivity index is 2.20. The molecule has 76 valence electrons. The Hall–Kier alpha value is -1.41. The second-order valence-electron chi connectivity index (χ2n) is 4.29. The predicted molar refractivity (Wildman–Crippen MR) is 61.7 cm³/mol. The highest BCUT2D eigenvalue weighted by atomic mass is 14.7. The SMILES string of the molecule is NC1CCc2nc3ccccc3cc2C1. The molecule has 1 unspecified atom stereocenters. The molecule has 0 fully saturated rings. The van der Waals surface area contributed by atoms with Crippen LogP contribution in [0.4, 0.5) is 0 Å². The molecule has 0 saturated heterocycles. The van der Waals surface area contributed by atoms with Gasteiger partial charge in [-0.15, -0.1) is 0 Å². The number of nitrogens with two attached hydrogens (primary N) is 1. The molecule has 0 radical (unpaired) electrons. The molecule has 0 saturated carbocycles. The third-order valence-electron chi connectivity index (χ3n) is 3.13. The van der Waals surface area contributed by atoms with Crippen LogP contribution in [0.25, 0.3) is 10.9 Å². The molecule has 0 spiro atoms. The minimum absolute atomic E-state index is 0.320. The molecule has 3 rings (SSSR count). The molecular weight excluding hydrogens is 184 g/mol. The fourth-order valence-electron chi connectivity index (χ4n) is 2.30. The van der Waals surface area contributed by atoms with Crippen LogP contribution in [0, 0.1) is 0 Å². The zero-order valence-electron chi connectivity index (χ0n) is 8.61. The topological polar surface area (TPSA) is 38.9 Å². The van der Waals surface area contributed by atoms with Crippen LogP contribution < -0.4 is 5.73 Å². The van der Waals surface area contributed by atoms with Gasteiger partial charge in [0.15, 0.2) is 0 Å². The van der Waals surface area contributed by atoms with Crippen molar-refractivity contribution in [3.63, 3.8) is 0 Å². The molecule has 0 bridgehead atoms. The summed E-state index contributed by atoms with van der Waals surface area (Å²) >= 11 is 0. The Morgan fingerprint density at radius 1 is 1.27 bits per heavy atom. The van der Waals surface area contributed by atoms with Crippen molar-refractivity contribution in [2.75, 3.05) is 0 Å². The minimum Gasteiger partial charge on any atom is -0.327 e. The van der Waals surface area contributed by atoms with Crippen molar-refractivity contribution in [3.05, 3.63) is 41.6 Å². The van der Waals surface area contributed by atoms with E-state index >= 15 is 0 Å². The van der Waals surface area contributed by atoms with Crippen molar-refractivity contribution < 1.29 is 0 Å². The largest absolute Gasteiger partial charge is 0.327 e. The first-order valence-electron chi connectivity index (χ1n) is 5.46. The number of fused-ring (bicyclic) bond motifs is 2. The van der Waals surface area contributed by atoms with Gasteiger partial charge in [0, 0.05) is 17.1 Å². The van der Waals surface area contributed by atoms with E-state index in [4.69, 9.17) is 10.7 Å². The molecule has 2 nitrogen and oxygen atoms in total. The minimum atomic E-state index is 0.320. The van der Waals surface area contributed by atoms with Crippen molar-refractivity contribution in [2.45, 2.75) is 25.3 Å². The number of rotatable bonds is 0. The second kappa shape index (κ2) is 3.31. The Kier molecular flexibility index (Phi) is 1.96. The molecule has 1 aromatic heterocycles. The van der Waals surface area contributed by atoms with E-state index in [1.54, 1.807) is 0 Å². The van der Waals surface area contributed by atoms with Gasteiger partial charge in [-0.2, -0.15) is 0 Å². The Morgan fingerprint density at radius 2 is 2.13 bits per heavy atom. The third kappa shape index (κ3) is 1.51. The van der Waals surface area contributed by atoms with Crippen molar-refractivity contribution in [3.8, 4) is 0 Å². The Labute approximate surface area is 89.1 Å². The molecule has 2 heteroatoms. The van der Waals surface area contributed by atoms with Gasteiger partial charge in [-0.3, -0.25) is 4.98 Å². The van der Waals surface area contributed by atoms with E-state index in [0.29, 0.717) is 6.04 Å². The van der Waals surface area contributed by atoms with Crippen molar-refractivity contribution in [1.82, 2.24) is 4.98 Å². The summed E-state index contributed by atoms with van der Waals surface area (Å²) in [6, 6.07) is 10.8. The van der Waals surface area contributed by atoms with Gasteiger partial charge in [-0.25, -0.2) is 0 Å². The molecule has 1 aliphatic carbocycles. The molecule has 1 heterocycles. The fraction of sp³-hybridized carbons (Fsp3) is 0.308. The van der Waals surface area contributed by atoms with Crippen LogP contribution in [-0.4, -0.2) is 11.0 Å². The molecule has 1 aliphatic rings. The maximum absolute atomic E-state index is 5.97. The smallest absolute Gasteiger partial charge is 0.0705 e. The highest BCUT2D eigenvalue weighted by molar-refractivity contribution is 5.79. The van der Waals surface area contributed by atoms with E-state index in [0.717, 1.165) is 24.8 Å². The molecule has 2 N–H and O–H groups in total. The van der Waals surface area contributed by atoms with E-state index < -0.39 is 0 Å². The van der Waals surface area contributed by atoms with E-state index in [-0.39, 0.29) is 0 Å². The zero-order valence-corrected chi connectivity index (χ0v) is 8.61. The van der Waals surface area contributed by atoms with E-state index in [2.05, 4.69) is 24.3 Å². The zero-order chi connectivity index (χ0) is 10.3. The molecular formula is C13H14N2. The number of nitrogens with zero attached hydrogens (tertiary/aromatic N) is 1. The summed E-state index contributed by atoms with van der Waals surface area (Å²) in [7, 11) is 0. The van der Waals surface area contributed by atoms with Crippen molar-refractivity contribution in [2.24, 2.45) is 5.73 Å². The lowest BCUT2D eigenvalue weighted by Gasteiger charge is -2.20. The first-order valence-corrected chi connectivity index (χ1v) is 5.46. The maximum atomic E-state index is 5.97. The normalized spacial score (nSPS) is 20.2. The lowest BCUT2D eigenvalue weighted by Crippen LogP contribution is -2.28. The van der Waals surface area contributed by atoms with Crippen LogP contribution >= 0.6 is 0 Å². The van der Waals surface area contributed by atoms with Crippen LogP contribution in [0.2, 0.25) is 0 Å². The number of aromatic nitrogens is 1. The van der Waals surface area contributed by atoms with Crippen LogP contribution in [0.5, 0.6) is 0 Å². The maximum Gasteiger partial charge on any atom is 0.0705 e. The van der Waals surface area contributed by atoms with Crippen LogP contribution in [0.1, 0.15) is 17.7 Å². The highest BCUT2D eigenvalue weighted by Crippen LogP contribution is 2.23. The van der Waals surface area contributed by atoms with Crippen LogP contribution in [0.15, 0.2) is 30.3 Å². The average Bonchev–Trinajstić information content (AvgIpc) is 2.26. The van der Waals surface area contributed by atoms with Gasteiger partial charge in [0.1, 0.15) is 0 Å². The van der Waals surface area contributed by atoms with Gasteiger partial charge in [0.2, 0.25) is 0 Å². The van der Waals surface area contributed by atoms with Gasteiger partial charge >= 0.3 is 0 Å². The highest BCUT2D eigenvalue weighted by Gasteiger charge is 2.16. The van der Waals surface area contributed by atoms with Gasteiger partial charge in [-0.1, -0.05) is 18.2 Å². The van der Waals surface area contributed by atoms with Gasteiger partial charge in [0.25, 0.3) is 0 Å². The second-order valence-corrected chi connectivity index (χ2v) is 4.29. The summed E-state index contributed by atoms with van der Waals surface area (Å²) in [6.45, 7) is 0. The number of pyridine rings is 1. The van der Waals surface area contributed by atoms with Crippen molar-refractivity contribution in [1.29, 1.82) is 0 Å². The number of benzene rings is 1. The lowest BCUT2D eigenvalue weighted by atomic mass is 9.91. The third-order valence-corrected chi connectivity index (χ3v) is 3.13. The summed E-state index contributed by atoms with van der Waals surface area (Å²) in [5.74, 6) is 0. The van der Waals surface area contributed by atoms with Gasteiger partial charge in [0.05, 0.1) is 5.52 Å². The van der Waals surface area contributed by atoms with Gasteiger partial charge in [-0.05, 0) is 37.0 Å². The fourth-order valence-corrected chi connectivity index (χ4v) is 2.30. The van der Waals surface area contributed by atoms with Crippen LogP contribution in [0.3, 0.4) is 0 Å². The van der Waals surface area contributed by atoms with Crippen LogP contribution in [-0.2, 0) is 12.8 Å². The molecule has 1 aromatic carbocycles. The summed E-state index contributed by atoms with van der Waals surface area (Å²) in [5.41, 5.74) is 9.66. The van der Waals surface area contributed by atoms with E-state index in [1.165, 1.54) is 16.6 Å². The molecule has 1 atom stereocenters. The Morgan fingerprint density at radius 3 is 3.07 bits per heavy atom. The molecule has 15 heavy (non-hydrogen) atoms. The number of para-hydroxylation sites is 1. The summed E-state index contributed by atoms with van der Waals surface area (Å²) in [4.78, 5) is 4.69. The molecule has 0 amide bonds. The number of hydrogen-bond acceptors (Lipinski definition) is 2. The lowest BCUT2D eigenvalue weighted by molar-refractivity contribution is 0.568. The average molecular weight is 198 g/mol. The quantitative estimate of drug-likeness (QED) is 0.703. The van der Waals surface area contributed by atoms with E-state index in [1.807, 2.05) is 6.07 Å². The Bertz CT molecular complexity index is 505. The summed E-state index contributed by atoms with van der Waals surface area (Å²) in [5, 5.41) is 1.23. The number of hydrogen-bond donors (Lipinski definition) is 1. The van der Waals surface area contributed by atoms with E-state index in [9.17, 15) is 0 Å². The van der Waals surface area contributed by atoms with Gasteiger partial charge < -0.3 is 5.73 Å². The number of aryl methyl sites for hydroxylation is 1. The molecule has 0 aliphatic heterocycles. The first kappa shape index (κ1) is 8.86. The predicted octanol–water partition coefficient (Wildman–Crippen LogP) is 2.05. The summed E-state index contributed by atoms with van der Waals surface area (Å²) in [6.07, 6.45) is 3.08. The summed E-state index contributed by atoms with van der Waals surface area (Å²) < 4.78 is 0. The molecule has 2 aromatic rings. The standard InChI is InChI=1S/C13H14N2/c14-11-5-6-13-10(8-11)7-9-3-1-2-4-12(9)15-13/h1-4,7,11H,5-6,8,14H2. The van der Waals surface area contributed by atoms with Crippen molar-refractivity contribution >= 4 is 10.9 Å². The first-order chi connectivity index (χ1) is 7.33.